The van der Waals surface area contributed by atoms with Gasteiger partial charge in [0.05, 0.1) is 15.9 Å². The molecule has 2 unspecified atom stereocenters. The number of nitrogens with zero attached hydrogens (tertiary/aromatic N) is 2. The second kappa shape index (κ2) is 6.24. The second-order valence-electron chi connectivity index (χ2n) is 4.59. The Kier molecular flexibility index (Phi) is 4.94. The van der Waals surface area contributed by atoms with E-state index in [1.807, 2.05) is 20.9 Å². The van der Waals surface area contributed by atoms with E-state index in [0.717, 1.165) is 6.07 Å². The van der Waals surface area contributed by atoms with Crippen LogP contribution in [-0.4, -0.2) is 22.9 Å². The summed E-state index contributed by atoms with van der Waals surface area (Å²) in [6.45, 7) is 3.97. The maximum atomic E-state index is 11.0. The summed E-state index contributed by atoms with van der Waals surface area (Å²) in [5, 5.41) is 24.7. The van der Waals surface area contributed by atoms with Crippen molar-refractivity contribution in [2.45, 2.75) is 26.3 Å². The van der Waals surface area contributed by atoms with Gasteiger partial charge in [0.2, 0.25) is 0 Å². The minimum absolute atomic E-state index is 0.185. The van der Waals surface area contributed by atoms with E-state index in [9.17, 15) is 20.2 Å². The smallest absolute Gasteiger partial charge is 0.279 e. The number of nitro benzene ring substituents is 2. The molecule has 7 heteroatoms. The van der Waals surface area contributed by atoms with Crippen molar-refractivity contribution >= 4 is 11.4 Å². The largest absolute Gasteiger partial charge is 0.317 e. The average molecular weight is 267 g/mol. The lowest BCUT2D eigenvalue weighted by atomic mass is 9.94. The van der Waals surface area contributed by atoms with Gasteiger partial charge in [-0.25, -0.2) is 0 Å². The molecule has 0 amide bonds. The lowest BCUT2D eigenvalue weighted by Gasteiger charge is -2.19. The van der Waals surface area contributed by atoms with Gasteiger partial charge < -0.3 is 5.32 Å². The highest BCUT2D eigenvalue weighted by atomic mass is 16.6. The standard InChI is InChI=1S/C12H17N3O4/c1-8(9(2)13-3)6-10-4-5-11(14(16)17)7-12(10)15(18)19/h4-5,7-9,13H,6H2,1-3H3. The summed E-state index contributed by atoms with van der Waals surface area (Å²) in [6, 6.07) is 4.00. The van der Waals surface area contributed by atoms with Crippen molar-refractivity contribution in [1.29, 1.82) is 0 Å². The van der Waals surface area contributed by atoms with Gasteiger partial charge in [-0.3, -0.25) is 20.2 Å². The summed E-state index contributed by atoms with van der Waals surface area (Å²) in [6.07, 6.45) is 0.496. The number of nitrogens with one attached hydrogen (secondary N) is 1. The van der Waals surface area contributed by atoms with Crippen molar-refractivity contribution in [2.75, 3.05) is 7.05 Å². The third kappa shape index (κ3) is 3.72. The molecule has 104 valence electrons. The lowest BCUT2D eigenvalue weighted by Crippen LogP contribution is -2.30. The first-order chi connectivity index (χ1) is 8.86. The number of benzene rings is 1. The zero-order valence-electron chi connectivity index (χ0n) is 11.1. The van der Waals surface area contributed by atoms with Crippen LogP contribution in [-0.2, 0) is 6.42 Å². The van der Waals surface area contributed by atoms with Crippen LogP contribution in [0, 0.1) is 26.1 Å². The quantitative estimate of drug-likeness (QED) is 0.629. The van der Waals surface area contributed by atoms with E-state index in [0.29, 0.717) is 12.0 Å². The summed E-state index contributed by atoms with van der Waals surface area (Å²) in [5.41, 5.74) is 0.0688. The van der Waals surface area contributed by atoms with Gasteiger partial charge in [0.25, 0.3) is 11.4 Å². The fraction of sp³-hybridized carbons (Fsp3) is 0.500. The molecule has 1 rings (SSSR count). The summed E-state index contributed by atoms with van der Waals surface area (Å²) >= 11 is 0. The molecule has 2 atom stereocenters. The van der Waals surface area contributed by atoms with Gasteiger partial charge in [-0.15, -0.1) is 0 Å². The SMILES string of the molecule is CNC(C)C(C)Cc1ccc([N+](=O)[O-])cc1[N+](=O)[O-]. The van der Waals surface area contributed by atoms with Gasteiger partial charge in [0.1, 0.15) is 0 Å². The van der Waals surface area contributed by atoms with Crippen LogP contribution >= 0.6 is 0 Å². The second-order valence-corrected chi connectivity index (χ2v) is 4.59. The Balaban J connectivity index is 3.07. The number of non-ortho nitro benzene ring substituents is 1. The van der Waals surface area contributed by atoms with E-state index in [2.05, 4.69) is 5.32 Å². The van der Waals surface area contributed by atoms with E-state index < -0.39 is 9.85 Å². The van der Waals surface area contributed by atoms with Crippen LogP contribution in [0.1, 0.15) is 19.4 Å². The molecule has 0 saturated heterocycles. The number of hydrogen-bond acceptors (Lipinski definition) is 5. The molecule has 0 heterocycles. The molecule has 0 fully saturated rings. The van der Waals surface area contributed by atoms with Crippen molar-refractivity contribution in [1.82, 2.24) is 5.32 Å². The van der Waals surface area contributed by atoms with Gasteiger partial charge in [0.15, 0.2) is 0 Å². The van der Waals surface area contributed by atoms with Crippen LogP contribution in [0.25, 0.3) is 0 Å². The highest BCUT2D eigenvalue weighted by molar-refractivity contribution is 5.49. The van der Waals surface area contributed by atoms with Gasteiger partial charge in [-0.1, -0.05) is 6.92 Å². The summed E-state index contributed by atoms with van der Waals surface area (Å²) in [5.74, 6) is 0.185. The molecule has 0 spiro atoms. The fourth-order valence-electron chi connectivity index (χ4n) is 1.82. The molecule has 0 radical (unpaired) electrons. The fourth-order valence-corrected chi connectivity index (χ4v) is 1.82. The molecular weight excluding hydrogens is 250 g/mol. The third-order valence-corrected chi connectivity index (χ3v) is 3.33. The Bertz CT molecular complexity index is 490. The summed E-state index contributed by atoms with van der Waals surface area (Å²) in [7, 11) is 1.82. The minimum Gasteiger partial charge on any atom is -0.317 e. The van der Waals surface area contributed by atoms with Crippen LogP contribution in [0.4, 0.5) is 11.4 Å². The van der Waals surface area contributed by atoms with Crippen LogP contribution < -0.4 is 5.32 Å². The van der Waals surface area contributed by atoms with Crippen molar-refractivity contribution < 1.29 is 9.85 Å². The highest BCUT2D eigenvalue weighted by Crippen LogP contribution is 2.27. The van der Waals surface area contributed by atoms with Crippen molar-refractivity contribution in [3.8, 4) is 0 Å². The first-order valence-electron chi connectivity index (χ1n) is 5.95. The van der Waals surface area contributed by atoms with Gasteiger partial charge in [0, 0.05) is 17.7 Å². The van der Waals surface area contributed by atoms with Gasteiger partial charge in [-0.2, -0.15) is 0 Å². The molecule has 0 aliphatic carbocycles. The third-order valence-electron chi connectivity index (χ3n) is 3.33. The number of hydrogen-bond donors (Lipinski definition) is 1. The van der Waals surface area contributed by atoms with Crippen LogP contribution in [0.5, 0.6) is 0 Å². The van der Waals surface area contributed by atoms with Crippen molar-refractivity contribution in [2.24, 2.45) is 5.92 Å². The topological polar surface area (TPSA) is 98.3 Å². The maximum absolute atomic E-state index is 11.0. The Morgan fingerprint density at radius 1 is 1.21 bits per heavy atom. The maximum Gasteiger partial charge on any atom is 0.279 e. The van der Waals surface area contributed by atoms with E-state index in [-0.39, 0.29) is 23.3 Å². The minimum atomic E-state index is -0.629. The predicted molar refractivity (Wildman–Crippen MR) is 71.1 cm³/mol. The molecule has 19 heavy (non-hydrogen) atoms. The molecule has 0 aliphatic rings. The Hall–Kier alpha value is -2.02. The molecule has 0 aliphatic heterocycles. The summed E-state index contributed by atoms with van der Waals surface area (Å²) < 4.78 is 0. The average Bonchev–Trinajstić information content (AvgIpc) is 2.37. The molecule has 0 aromatic heterocycles. The highest BCUT2D eigenvalue weighted by Gasteiger charge is 2.22. The Labute approximate surface area is 110 Å². The molecule has 1 N–H and O–H groups in total. The molecular formula is C12H17N3O4. The number of nitro groups is 2. The Morgan fingerprint density at radius 3 is 2.32 bits per heavy atom. The molecule has 1 aromatic carbocycles. The zero-order chi connectivity index (χ0) is 14.6. The van der Waals surface area contributed by atoms with E-state index in [1.54, 1.807) is 0 Å². The molecule has 0 saturated carbocycles. The van der Waals surface area contributed by atoms with Crippen LogP contribution in [0.15, 0.2) is 18.2 Å². The Morgan fingerprint density at radius 2 is 1.84 bits per heavy atom. The predicted octanol–water partition coefficient (Wildman–Crippen LogP) is 2.29. The number of rotatable bonds is 6. The van der Waals surface area contributed by atoms with Gasteiger partial charge >= 0.3 is 0 Å². The van der Waals surface area contributed by atoms with E-state index in [1.165, 1.54) is 12.1 Å². The normalized spacial score (nSPS) is 13.8. The van der Waals surface area contributed by atoms with E-state index >= 15 is 0 Å². The van der Waals surface area contributed by atoms with E-state index in [4.69, 9.17) is 0 Å². The first-order valence-corrected chi connectivity index (χ1v) is 5.95. The molecule has 1 aromatic rings. The molecule has 7 nitrogen and oxygen atoms in total. The zero-order valence-corrected chi connectivity index (χ0v) is 11.1. The van der Waals surface area contributed by atoms with Crippen molar-refractivity contribution in [3.63, 3.8) is 0 Å². The monoisotopic (exact) mass is 267 g/mol. The van der Waals surface area contributed by atoms with Crippen molar-refractivity contribution in [3.05, 3.63) is 44.0 Å². The van der Waals surface area contributed by atoms with Crippen LogP contribution in [0.3, 0.4) is 0 Å². The van der Waals surface area contributed by atoms with Gasteiger partial charge in [-0.05, 0) is 32.4 Å². The first kappa shape index (κ1) is 15.0. The summed E-state index contributed by atoms with van der Waals surface area (Å²) in [4.78, 5) is 20.4. The van der Waals surface area contributed by atoms with Crippen LogP contribution in [0.2, 0.25) is 0 Å². The lowest BCUT2D eigenvalue weighted by molar-refractivity contribution is -0.394. The molecule has 0 bridgehead atoms.